The number of carbonyl (C=O) groups is 1. The van der Waals surface area contributed by atoms with Crippen LogP contribution in [0.25, 0.3) is 11.0 Å². The van der Waals surface area contributed by atoms with Gasteiger partial charge in [-0.1, -0.05) is 0 Å². The normalized spacial score (nSPS) is 19.5. The number of piperazine rings is 1. The molecule has 3 heterocycles. The van der Waals surface area contributed by atoms with E-state index in [2.05, 4.69) is 15.0 Å². The van der Waals surface area contributed by atoms with E-state index in [0.717, 1.165) is 60.2 Å². The molecule has 1 saturated heterocycles. The summed E-state index contributed by atoms with van der Waals surface area (Å²) in [6.45, 7) is 7.50. The van der Waals surface area contributed by atoms with Gasteiger partial charge in [0.1, 0.15) is 0 Å². The Morgan fingerprint density at radius 1 is 1.17 bits per heavy atom. The largest absolute Gasteiger partial charge is 0.336 e. The van der Waals surface area contributed by atoms with Gasteiger partial charge in [0.25, 0.3) is 5.91 Å². The number of hydrogen-bond donors (Lipinski definition) is 0. The van der Waals surface area contributed by atoms with Crippen molar-refractivity contribution in [3.8, 4) is 0 Å². The standard InChI is InChI=1S/C17H23N5O/c1-11-10-14(15-12(2)19-20(3)16(15)18-11)17(23)22-8-6-21(7-9-22)13-4-5-13/h10,13H,4-9H2,1-3H3. The molecule has 6 heteroatoms. The van der Waals surface area contributed by atoms with Crippen molar-refractivity contribution < 1.29 is 4.79 Å². The smallest absolute Gasteiger partial charge is 0.254 e. The van der Waals surface area contributed by atoms with E-state index in [1.54, 1.807) is 4.68 Å². The molecule has 0 spiro atoms. The van der Waals surface area contributed by atoms with Crippen LogP contribution in [0.1, 0.15) is 34.6 Å². The fraction of sp³-hybridized carbons (Fsp3) is 0.588. The van der Waals surface area contributed by atoms with E-state index in [4.69, 9.17) is 0 Å². The van der Waals surface area contributed by atoms with Crippen molar-refractivity contribution in [2.75, 3.05) is 26.2 Å². The van der Waals surface area contributed by atoms with Crippen LogP contribution in [0.3, 0.4) is 0 Å². The van der Waals surface area contributed by atoms with Crippen LogP contribution in [0.15, 0.2) is 6.07 Å². The first kappa shape index (κ1) is 14.6. The Hall–Kier alpha value is -1.95. The third-order valence-corrected chi connectivity index (χ3v) is 4.99. The second-order valence-corrected chi connectivity index (χ2v) is 6.78. The number of pyridine rings is 1. The fourth-order valence-corrected chi connectivity index (χ4v) is 3.64. The molecule has 2 aliphatic rings. The Bertz CT molecular complexity index is 769. The van der Waals surface area contributed by atoms with E-state index in [1.165, 1.54) is 12.8 Å². The maximum atomic E-state index is 13.1. The first-order valence-electron chi connectivity index (χ1n) is 8.39. The summed E-state index contributed by atoms with van der Waals surface area (Å²) in [7, 11) is 1.88. The van der Waals surface area contributed by atoms with Crippen molar-refractivity contribution in [2.24, 2.45) is 7.05 Å². The summed E-state index contributed by atoms with van der Waals surface area (Å²) in [5.74, 6) is 0.118. The molecule has 1 saturated carbocycles. The Morgan fingerprint density at radius 3 is 2.52 bits per heavy atom. The van der Waals surface area contributed by atoms with Crippen molar-refractivity contribution in [3.05, 3.63) is 23.0 Å². The zero-order chi connectivity index (χ0) is 16.1. The van der Waals surface area contributed by atoms with Crippen molar-refractivity contribution in [1.82, 2.24) is 24.6 Å². The van der Waals surface area contributed by atoms with E-state index >= 15 is 0 Å². The first-order valence-corrected chi connectivity index (χ1v) is 8.39. The summed E-state index contributed by atoms with van der Waals surface area (Å²) < 4.78 is 1.76. The highest BCUT2D eigenvalue weighted by atomic mass is 16.2. The number of nitrogens with zero attached hydrogens (tertiary/aromatic N) is 5. The number of carbonyl (C=O) groups excluding carboxylic acids is 1. The number of hydrogen-bond acceptors (Lipinski definition) is 4. The molecule has 2 aromatic rings. The van der Waals surface area contributed by atoms with Crippen molar-refractivity contribution in [3.63, 3.8) is 0 Å². The number of rotatable bonds is 2. The number of aromatic nitrogens is 3. The van der Waals surface area contributed by atoms with Crippen LogP contribution < -0.4 is 0 Å². The third-order valence-electron chi connectivity index (χ3n) is 4.99. The molecule has 0 bridgehead atoms. The van der Waals surface area contributed by atoms with Gasteiger partial charge in [-0.2, -0.15) is 5.10 Å². The van der Waals surface area contributed by atoms with Crippen molar-refractivity contribution in [2.45, 2.75) is 32.7 Å². The monoisotopic (exact) mass is 313 g/mol. The summed E-state index contributed by atoms with van der Waals surface area (Å²) in [6.07, 6.45) is 2.65. The molecule has 0 aromatic carbocycles. The molecule has 1 amide bonds. The second-order valence-electron chi connectivity index (χ2n) is 6.78. The van der Waals surface area contributed by atoms with Crippen LogP contribution in [0, 0.1) is 13.8 Å². The van der Waals surface area contributed by atoms with Gasteiger partial charge in [-0.25, -0.2) is 4.98 Å². The van der Waals surface area contributed by atoms with Gasteiger partial charge in [0.15, 0.2) is 5.65 Å². The van der Waals surface area contributed by atoms with Crippen molar-refractivity contribution >= 4 is 16.9 Å². The molecule has 0 radical (unpaired) electrons. The van der Waals surface area contributed by atoms with E-state index in [9.17, 15) is 4.79 Å². The average Bonchev–Trinajstić information content (AvgIpc) is 3.34. The summed E-state index contributed by atoms with van der Waals surface area (Å²) in [5, 5.41) is 5.33. The molecular weight excluding hydrogens is 290 g/mol. The predicted molar refractivity (Wildman–Crippen MR) is 88.5 cm³/mol. The van der Waals surface area contributed by atoms with Crippen molar-refractivity contribution in [1.29, 1.82) is 0 Å². The lowest BCUT2D eigenvalue weighted by Gasteiger charge is -2.35. The SMILES string of the molecule is Cc1cc(C(=O)N2CCN(C3CC3)CC2)c2c(C)nn(C)c2n1. The molecule has 1 aliphatic heterocycles. The lowest BCUT2D eigenvalue weighted by molar-refractivity contribution is 0.0629. The van der Waals surface area contributed by atoms with Crippen LogP contribution in [0.5, 0.6) is 0 Å². The van der Waals surface area contributed by atoms with Gasteiger partial charge in [0.2, 0.25) is 0 Å². The van der Waals surface area contributed by atoms with Crippen LogP contribution in [-0.4, -0.2) is 62.7 Å². The number of aryl methyl sites for hydroxylation is 3. The summed E-state index contributed by atoms with van der Waals surface area (Å²) in [6, 6.07) is 2.69. The summed E-state index contributed by atoms with van der Waals surface area (Å²) >= 11 is 0. The molecule has 0 unspecified atom stereocenters. The van der Waals surface area contributed by atoms with Gasteiger partial charge < -0.3 is 4.90 Å². The summed E-state index contributed by atoms with van der Waals surface area (Å²) in [5.41, 5.74) is 3.27. The fourth-order valence-electron chi connectivity index (χ4n) is 3.64. The van der Waals surface area contributed by atoms with E-state index in [-0.39, 0.29) is 5.91 Å². The van der Waals surface area contributed by atoms with Crippen LogP contribution in [0.4, 0.5) is 0 Å². The predicted octanol–water partition coefficient (Wildman–Crippen LogP) is 1.51. The maximum Gasteiger partial charge on any atom is 0.254 e. The van der Waals surface area contributed by atoms with E-state index in [1.807, 2.05) is 31.9 Å². The molecular formula is C17H23N5O. The average molecular weight is 313 g/mol. The highest BCUT2D eigenvalue weighted by Crippen LogP contribution is 2.28. The third kappa shape index (κ3) is 2.51. The van der Waals surface area contributed by atoms with Crippen LogP contribution >= 0.6 is 0 Å². The molecule has 0 N–H and O–H groups in total. The van der Waals surface area contributed by atoms with Gasteiger partial charge in [0.05, 0.1) is 16.6 Å². The molecule has 122 valence electrons. The minimum absolute atomic E-state index is 0.118. The molecule has 2 aromatic heterocycles. The molecule has 1 aliphatic carbocycles. The van der Waals surface area contributed by atoms with Gasteiger partial charge in [0, 0.05) is 45.0 Å². The minimum Gasteiger partial charge on any atom is -0.336 e. The van der Waals surface area contributed by atoms with Gasteiger partial charge in [-0.3, -0.25) is 14.4 Å². The Labute approximate surface area is 136 Å². The maximum absolute atomic E-state index is 13.1. The topological polar surface area (TPSA) is 54.3 Å². The Balaban J connectivity index is 1.64. The Kier molecular flexibility index (Phi) is 3.37. The minimum atomic E-state index is 0.118. The number of amides is 1. The highest BCUT2D eigenvalue weighted by Gasteiger charge is 2.33. The van der Waals surface area contributed by atoms with Gasteiger partial charge in [-0.15, -0.1) is 0 Å². The zero-order valence-corrected chi connectivity index (χ0v) is 14.0. The number of fused-ring (bicyclic) bond motifs is 1. The first-order chi connectivity index (χ1) is 11.0. The Morgan fingerprint density at radius 2 is 1.87 bits per heavy atom. The molecule has 0 atom stereocenters. The molecule has 2 fully saturated rings. The second kappa shape index (κ2) is 5.30. The van der Waals surface area contributed by atoms with E-state index < -0.39 is 0 Å². The lowest BCUT2D eigenvalue weighted by atomic mass is 10.1. The highest BCUT2D eigenvalue weighted by molar-refractivity contribution is 6.06. The lowest BCUT2D eigenvalue weighted by Crippen LogP contribution is -2.49. The molecule has 6 nitrogen and oxygen atoms in total. The molecule has 4 rings (SSSR count). The summed E-state index contributed by atoms with van der Waals surface area (Å²) in [4.78, 5) is 22.1. The molecule has 23 heavy (non-hydrogen) atoms. The zero-order valence-electron chi connectivity index (χ0n) is 14.0. The van der Waals surface area contributed by atoms with E-state index in [0.29, 0.717) is 0 Å². The van der Waals surface area contributed by atoms with Gasteiger partial charge in [-0.05, 0) is 32.8 Å². The van der Waals surface area contributed by atoms with Gasteiger partial charge >= 0.3 is 0 Å². The van der Waals surface area contributed by atoms with Crippen LogP contribution in [0.2, 0.25) is 0 Å². The van der Waals surface area contributed by atoms with Crippen LogP contribution in [-0.2, 0) is 7.05 Å². The quantitative estimate of drug-likeness (QED) is 0.843.